The van der Waals surface area contributed by atoms with Crippen LogP contribution in [0.4, 0.5) is 0 Å². The maximum absolute atomic E-state index is 7.41. The molecular formula is C18H21N. The molecule has 0 spiro atoms. The Kier molecular flexibility index (Phi) is 4.51. The minimum atomic E-state index is 0.605. The Morgan fingerprint density at radius 1 is 1.37 bits per heavy atom. The second-order valence-corrected chi connectivity index (χ2v) is 5.09. The number of aryl methyl sites for hydroxylation is 1. The normalized spacial score (nSPS) is 14.7. The second kappa shape index (κ2) is 6.33. The fourth-order valence-electron chi connectivity index (χ4n) is 2.30. The van der Waals surface area contributed by atoms with Crippen LogP contribution in [-0.4, -0.2) is 5.71 Å². The van der Waals surface area contributed by atoms with E-state index in [1.165, 1.54) is 22.3 Å². The first-order valence-corrected chi connectivity index (χ1v) is 6.84. The van der Waals surface area contributed by atoms with Gasteiger partial charge in [0.2, 0.25) is 0 Å². The van der Waals surface area contributed by atoms with Gasteiger partial charge in [0, 0.05) is 5.71 Å². The standard InChI is InChI=1S/C18H21N/c1-14-11-12-18(16-8-4-3-5-9-16)13-17(14)10-6-7-15(2)19/h3-4,6-8,11-13,19H,5,9-10H2,1-2H3/b7-6-,19-15?. The van der Waals surface area contributed by atoms with E-state index in [9.17, 15) is 0 Å². The van der Waals surface area contributed by atoms with Crippen LogP contribution in [0.1, 0.15) is 36.5 Å². The molecule has 0 saturated heterocycles. The van der Waals surface area contributed by atoms with Gasteiger partial charge in [0.1, 0.15) is 0 Å². The van der Waals surface area contributed by atoms with Crippen molar-refractivity contribution in [1.82, 2.24) is 0 Å². The van der Waals surface area contributed by atoms with E-state index < -0.39 is 0 Å². The first-order chi connectivity index (χ1) is 9.16. The van der Waals surface area contributed by atoms with Crippen molar-refractivity contribution in [2.45, 2.75) is 33.1 Å². The molecule has 98 valence electrons. The first kappa shape index (κ1) is 13.5. The van der Waals surface area contributed by atoms with E-state index in [1.807, 2.05) is 6.08 Å². The second-order valence-electron chi connectivity index (χ2n) is 5.09. The fraction of sp³-hybridized carbons (Fsp3) is 0.278. The monoisotopic (exact) mass is 251 g/mol. The summed E-state index contributed by atoms with van der Waals surface area (Å²) in [5.41, 5.74) is 6.04. The lowest BCUT2D eigenvalue weighted by Crippen LogP contribution is -1.93. The molecule has 1 aromatic rings. The molecule has 19 heavy (non-hydrogen) atoms. The summed E-state index contributed by atoms with van der Waals surface area (Å²) in [6, 6.07) is 6.72. The van der Waals surface area contributed by atoms with Crippen LogP contribution >= 0.6 is 0 Å². The van der Waals surface area contributed by atoms with E-state index in [1.54, 1.807) is 6.92 Å². The van der Waals surface area contributed by atoms with Crippen LogP contribution in [0.5, 0.6) is 0 Å². The lowest BCUT2D eigenvalue weighted by Gasteiger charge is -2.12. The van der Waals surface area contributed by atoms with Gasteiger partial charge in [-0.1, -0.05) is 42.5 Å². The Hall–Kier alpha value is -1.89. The summed E-state index contributed by atoms with van der Waals surface area (Å²) in [6.45, 7) is 3.96. The third kappa shape index (κ3) is 3.78. The van der Waals surface area contributed by atoms with Gasteiger partial charge in [-0.2, -0.15) is 0 Å². The number of nitrogens with one attached hydrogen (secondary N) is 1. The molecule has 2 rings (SSSR count). The molecule has 0 heterocycles. The van der Waals surface area contributed by atoms with E-state index in [4.69, 9.17) is 5.41 Å². The van der Waals surface area contributed by atoms with Gasteiger partial charge in [-0.3, -0.25) is 0 Å². The number of rotatable bonds is 4. The molecule has 1 nitrogen and oxygen atoms in total. The SMILES string of the molecule is CC(=N)/C=C\Cc1cc(C2=CC=CCC2)ccc1C. The maximum atomic E-state index is 7.41. The number of benzene rings is 1. The molecule has 0 aromatic heterocycles. The van der Waals surface area contributed by atoms with E-state index >= 15 is 0 Å². The topological polar surface area (TPSA) is 23.9 Å². The zero-order valence-corrected chi connectivity index (χ0v) is 11.7. The van der Waals surface area contributed by atoms with Gasteiger partial charge in [0.05, 0.1) is 0 Å². The van der Waals surface area contributed by atoms with Crippen molar-refractivity contribution in [1.29, 1.82) is 5.41 Å². The molecule has 1 aliphatic carbocycles. The van der Waals surface area contributed by atoms with Crippen LogP contribution in [0.25, 0.3) is 5.57 Å². The van der Waals surface area contributed by atoms with E-state index in [2.05, 4.69) is 49.4 Å². The molecule has 0 radical (unpaired) electrons. The predicted molar refractivity (Wildman–Crippen MR) is 83.8 cm³/mol. The Bertz CT molecular complexity index is 559. The first-order valence-electron chi connectivity index (χ1n) is 6.84. The molecular weight excluding hydrogens is 230 g/mol. The van der Waals surface area contributed by atoms with Gasteiger partial charge >= 0.3 is 0 Å². The van der Waals surface area contributed by atoms with Gasteiger partial charge in [-0.05, 0) is 61.4 Å². The molecule has 1 N–H and O–H groups in total. The van der Waals surface area contributed by atoms with Crippen LogP contribution in [0, 0.1) is 12.3 Å². The van der Waals surface area contributed by atoms with Crippen LogP contribution in [0.15, 0.2) is 48.6 Å². The van der Waals surface area contributed by atoms with Crippen molar-refractivity contribution in [3.8, 4) is 0 Å². The summed E-state index contributed by atoms with van der Waals surface area (Å²) in [5.74, 6) is 0. The van der Waals surface area contributed by atoms with Crippen molar-refractivity contribution in [3.05, 3.63) is 65.3 Å². The molecule has 0 saturated carbocycles. The van der Waals surface area contributed by atoms with Gasteiger partial charge in [0.25, 0.3) is 0 Å². The van der Waals surface area contributed by atoms with Crippen LogP contribution in [0.3, 0.4) is 0 Å². The highest BCUT2D eigenvalue weighted by molar-refractivity contribution is 5.89. The molecule has 0 aliphatic heterocycles. The quantitative estimate of drug-likeness (QED) is 0.738. The number of allylic oxidation sites excluding steroid dienone is 6. The fourth-order valence-corrected chi connectivity index (χ4v) is 2.30. The Morgan fingerprint density at radius 3 is 2.89 bits per heavy atom. The van der Waals surface area contributed by atoms with Crippen molar-refractivity contribution < 1.29 is 0 Å². The zero-order valence-electron chi connectivity index (χ0n) is 11.7. The highest BCUT2D eigenvalue weighted by atomic mass is 14.4. The van der Waals surface area contributed by atoms with Crippen molar-refractivity contribution in [2.24, 2.45) is 0 Å². The van der Waals surface area contributed by atoms with Crippen molar-refractivity contribution >= 4 is 11.3 Å². The zero-order chi connectivity index (χ0) is 13.7. The summed E-state index contributed by atoms with van der Waals surface area (Å²) >= 11 is 0. The molecule has 0 amide bonds. The highest BCUT2D eigenvalue weighted by Crippen LogP contribution is 2.25. The average molecular weight is 251 g/mol. The van der Waals surface area contributed by atoms with Crippen LogP contribution in [0.2, 0.25) is 0 Å². The average Bonchev–Trinajstić information content (AvgIpc) is 2.41. The molecule has 0 fully saturated rings. The Morgan fingerprint density at radius 2 is 2.21 bits per heavy atom. The lowest BCUT2D eigenvalue weighted by atomic mass is 9.93. The van der Waals surface area contributed by atoms with E-state index in [0.717, 1.165) is 19.3 Å². The summed E-state index contributed by atoms with van der Waals surface area (Å²) in [5, 5.41) is 7.41. The predicted octanol–water partition coefficient (Wildman–Crippen LogP) is 4.87. The molecule has 1 aliphatic rings. The van der Waals surface area contributed by atoms with Crippen LogP contribution < -0.4 is 0 Å². The van der Waals surface area contributed by atoms with Gasteiger partial charge in [0.15, 0.2) is 0 Å². The minimum absolute atomic E-state index is 0.605. The Labute approximate surface area is 115 Å². The molecule has 0 unspecified atom stereocenters. The number of hydrogen-bond donors (Lipinski definition) is 1. The number of hydrogen-bond acceptors (Lipinski definition) is 1. The summed E-state index contributed by atoms with van der Waals surface area (Å²) < 4.78 is 0. The Balaban J connectivity index is 2.21. The van der Waals surface area contributed by atoms with Gasteiger partial charge < -0.3 is 5.41 Å². The van der Waals surface area contributed by atoms with Gasteiger partial charge in [-0.15, -0.1) is 0 Å². The molecule has 0 bridgehead atoms. The van der Waals surface area contributed by atoms with E-state index in [-0.39, 0.29) is 0 Å². The van der Waals surface area contributed by atoms with Gasteiger partial charge in [-0.25, -0.2) is 0 Å². The molecule has 1 aromatic carbocycles. The van der Waals surface area contributed by atoms with Crippen molar-refractivity contribution in [3.63, 3.8) is 0 Å². The molecule has 0 atom stereocenters. The summed E-state index contributed by atoms with van der Waals surface area (Å²) in [4.78, 5) is 0. The smallest absolute Gasteiger partial charge is 0.0279 e. The lowest BCUT2D eigenvalue weighted by molar-refractivity contribution is 1.05. The minimum Gasteiger partial charge on any atom is -0.306 e. The largest absolute Gasteiger partial charge is 0.306 e. The summed E-state index contributed by atoms with van der Waals surface area (Å²) in [7, 11) is 0. The van der Waals surface area contributed by atoms with E-state index in [0.29, 0.717) is 5.71 Å². The molecule has 1 heteroatoms. The summed E-state index contributed by atoms with van der Waals surface area (Å²) in [6.07, 6.45) is 13.7. The van der Waals surface area contributed by atoms with Crippen molar-refractivity contribution in [2.75, 3.05) is 0 Å². The highest BCUT2D eigenvalue weighted by Gasteiger charge is 2.05. The maximum Gasteiger partial charge on any atom is 0.0279 e. The third-order valence-electron chi connectivity index (χ3n) is 3.44. The third-order valence-corrected chi connectivity index (χ3v) is 3.44. The van der Waals surface area contributed by atoms with Crippen LogP contribution in [-0.2, 0) is 6.42 Å².